The number of Topliss-reactive ketones (excluding diaryl/α,β-unsaturated/α-hetero) is 1. The number of hydrogen-bond donors (Lipinski definition) is 0. The lowest BCUT2D eigenvalue weighted by Crippen LogP contribution is -2.49. The molecule has 0 radical (unpaired) electrons. The summed E-state index contributed by atoms with van der Waals surface area (Å²) >= 11 is 0. The SMILES string of the molecule is CC(=O)OCC(C)(C)N(C=O)CC(=O)c1ccccc1. The molecule has 0 aromatic heterocycles. The maximum Gasteiger partial charge on any atom is 0.302 e. The summed E-state index contributed by atoms with van der Waals surface area (Å²) in [6.07, 6.45) is 0.602. The standard InChI is InChI=1S/C15H19NO4/c1-12(18)20-10-15(2,3)16(11-17)9-14(19)13-7-5-4-6-8-13/h4-8,11H,9-10H2,1-3H3. The zero-order chi connectivity index (χ0) is 15.2. The minimum atomic E-state index is -0.738. The molecule has 0 unspecified atom stereocenters. The van der Waals surface area contributed by atoms with Crippen LogP contribution >= 0.6 is 0 Å². The van der Waals surface area contributed by atoms with E-state index < -0.39 is 11.5 Å². The summed E-state index contributed by atoms with van der Waals surface area (Å²) in [4.78, 5) is 35.5. The Morgan fingerprint density at radius 2 is 1.85 bits per heavy atom. The molecule has 1 aromatic carbocycles. The van der Waals surface area contributed by atoms with Gasteiger partial charge in [0, 0.05) is 12.5 Å². The van der Waals surface area contributed by atoms with Crippen LogP contribution in [0.1, 0.15) is 31.1 Å². The molecule has 0 aliphatic rings. The summed E-state index contributed by atoms with van der Waals surface area (Å²) in [6, 6.07) is 8.75. The minimum absolute atomic E-state index is 0.0448. The quantitative estimate of drug-likeness (QED) is 0.432. The Kier molecular flexibility index (Phi) is 5.43. The number of rotatable bonds is 7. The molecule has 1 rings (SSSR count). The Balaban J connectivity index is 2.73. The first kappa shape index (κ1) is 15.9. The second-order valence-electron chi connectivity index (χ2n) is 5.12. The fourth-order valence-electron chi connectivity index (χ4n) is 1.63. The summed E-state index contributed by atoms with van der Waals surface area (Å²) in [6.45, 7) is 4.77. The summed E-state index contributed by atoms with van der Waals surface area (Å²) in [7, 11) is 0. The fourth-order valence-corrected chi connectivity index (χ4v) is 1.63. The van der Waals surface area contributed by atoms with Crippen LogP contribution in [0.15, 0.2) is 30.3 Å². The van der Waals surface area contributed by atoms with Crippen LogP contribution in [0.5, 0.6) is 0 Å². The van der Waals surface area contributed by atoms with Crippen LogP contribution in [0.25, 0.3) is 0 Å². The van der Waals surface area contributed by atoms with Gasteiger partial charge < -0.3 is 9.64 Å². The minimum Gasteiger partial charge on any atom is -0.463 e. The Morgan fingerprint density at radius 3 is 2.35 bits per heavy atom. The monoisotopic (exact) mass is 277 g/mol. The summed E-state index contributed by atoms with van der Waals surface area (Å²) in [5.74, 6) is -0.577. The molecular weight excluding hydrogens is 258 g/mol. The maximum atomic E-state index is 12.1. The van der Waals surface area contributed by atoms with Crippen LogP contribution < -0.4 is 0 Å². The summed E-state index contributed by atoms with van der Waals surface area (Å²) in [5.41, 5.74) is -0.194. The first-order chi connectivity index (χ1) is 9.36. The third kappa shape index (κ3) is 4.50. The Hall–Kier alpha value is -2.17. The van der Waals surface area contributed by atoms with E-state index in [2.05, 4.69) is 0 Å². The molecule has 0 saturated carbocycles. The van der Waals surface area contributed by atoms with E-state index in [9.17, 15) is 14.4 Å². The Morgan fingerprint density at radius 1 is 1.25 bits per heavy atom. The van der Waals surface area contributed by atoms with Crippen molar-refractivity contribution < 1.29 is 19.1 Å². The molecule has 0 fully saturated rings. The van der Waals surface area contributed by atoms with Crippen molar-refractivity contribution >= 4 is 18.2 Å². The van der Waals surface area contributed by atoms with E-state index in [1.54, 1.807) is 38.1 Å². The molecule has 20 heavy (non-hydrogen) atoms. The molecule has 1 amide bonds. The van der Waals surface area contributed by atoms with E-state index >= 15 is 0 Å². The maximum absolute atomic E-state index is 12.1. The lowest BCUT2D eigenvalue weighted by atomic mass is 10.0. The van der Waals surface area contributed by atoms with Crippen molar-refractivity contribution in [3.63, 3.8) is 0 Å². The van der Waals surface area contributed by atoms with Crippen LogP contribution in [-0.4, -0.2) is 41.8 Å². The molecule has 0 atom stereocenters. The number of nitrogens with zero attached hydrogens (tertiary/aromatic N) is 1. The van der Waals surface area contributed by atoms with Crippen molar-refractivity contribution in [3.8, 4) is 0 Å². The van der Waals surface area contributed by atoms with Crippen LogP contribution in [0.2, 0.25) is 0 Å². The van der Waals surface area contributed by atoms with Crippen LogP contribution in [0.4, 0.5) is 0 Å². The van der Waals surface area contributed by atoms with Gasteiger partial charge in [0.15, 0.2) is 5.78 Å². The van der Waals surface area contributed by atoms with Crippen molar-refractivity contribution in [2.75, 3.05) is 13.2 Å². The number of ketones is 1. The van der Waals surface area contributed by atoms with Gasteiger partial charge in [0.1, 0.15) is 6.61 Å². The number of amides is 1. The highest BCUT2D eigenvalue weighted by molar-refractivity contribution is 5.98. The summed E-state index contributed by atoms with van der Waals surface area (Å²) in [5, 5.41) is 0. The van der Waals surface area contributed by atoms with Crippen LogP contribution in [0, 0.1) is 0 Å². The van der Waals surface area contributed by atoms with Gasteiger partial charge in [-0.15, -0.1) is 0 Å². The van der Waals surface area contributed by atoms with Gasteiger partial charge >= 0.3 is 5.97 Å². The third-order valence-corrected chi connectivity index (χ3v) is 2.94. The van der Waals surface area contributed by atoms with Gasteiger partial charge in [-0.3, -0.25) is 14.4 Å². The largest absolute Gasteiger partial charge is 0.463 e. The molecule has 0 spiro atoms. The molecule has 5 heteroatoms. The van der Waals surface area contributed by atoms with Crippen molar-refractivity contribution in [1.29, 1.82) is 0 Å². The van der Waals surface area contributed by atoms with E-state index in [-0.39, 0.29) is 18.9 Å². The second kappa shape index (κ2) is 6.84. The highest BCUT2D eigenvalue weighted by Gasteiger charge is 2.28. The van der Waals surface area contributed by atoms with Gasteiger partial charge in [-0.25, -0.2) is 0 Å². The number of esters is 1. The predicted octanol–water partition coefficient (Wildman–Crippen LogP) is 1.67. The molecule has 0 bridgehead atoms. The zero-order valence-electron chi connectivity index (χ0n) is 12.0. The van der Waals surface area contributed by atoms with Gasteiger partial charge in [0.05, 0.1) is 12.1 Å². The Bertz CT molecular complexity index is 482. The lowest BCUT2D eigenvalue weighted by molar-refractivity contribution is -0.146. The van der Waals surface area contributed by atoms with Crippen LogP contribution in [-0.2, 0) is 14.3 Å². The van der Waals surface area contributed by atoms with E-state index in [4.69, 9.17) is 4.74 Å². The van der Waals surface area contributed by atoms with Crippen LogP contribution in [0.3, 0.4) is 0 Å². The van der Waals surface area contributed by atoms with Crippen molar-refractivity contribution in [2.24, 2.45) is 0 Å². The van der Waals surface area contributed by atoms with Gasteiger partial charge in [0.2, 0.25) is 6.41 Å². The zero-order valence-corrected chi connectivity index (χ0v) is 12.0. The van der Waals surface area contributed by atoms with E-state index in [0.29, 0.717) is 12.0 Å². The molecule has 0 aliphatic carbocycles. The molecule has 0 N–H and O–H groups in total. The van der Waals surface area contributed by atoms with E-state index in [1.165, 1.54) is 11.8 Å². The molecule has 5 nitrogen and oxygen atoms in total. The second-order valence-corrected chi connectivity index (χ2v) is 5.12. The normalized spacial score (nSPS) is 10.8. The van der Waals surface area contributed by atoms with Gasteiger partial charge in [-0.2, -0.15) is 0 Å². The number of carbonyl (C=O) groups is 3. The third-order valence-electron chi connectivity index (χ3n) is 2.94. The van der Waals surface area contributed by atoms with E-state index in [0.717, 1.165) is 0 Å². The number of hydrogen-bond acceptors (Lipinski definition) is 4. The first-order valence-electron chi connectivity index (χ1n) is 6.30. The molecule has 0 heterocycles. The summed E-state index contributed by atoms with van der Waals surface area (Å²) < 4.78 is 4.93. The predicted molar refractivity (Wildman–Crippen MR) is 74.3 cm³/mol. The molecule has 1 aromatic rings. The highest BCUT2D eigenvalue weighted by atomic mass is 16.5. The van der Waals surface area contributed by atoms with E-state index in [1.807, 2.05) is 6.07 Å². The van der Waals surface area contributed by atoms with Gasteiger partial charge in [-0.05, 0) is 13.8 Å². The van der Waals surface area contributed by atoms with Gasteiger partial charge in [-0.1, -0.05) is 30.3 Å². The molecule has 108 valence electrons. The van der Waals surface area contributed by atoms with Crippen molar-refractivity contribution in [1.82, 2.24) is 4.90 Å². The average Bonchev–Trinajstić information content (AvgIpc) is 2.43. The topological polar surface area (TPSA) is 63.7 Å². The smallest absolute Gasteiger partial charge is 0.302 e. The highest BCUT2D eigenvalue weighted by Crippen LogP contribution is 2.14. The van der Waals surface area contributed by atoms with Crippen molar-refractivity contribution in [2.45, 2.75) is 26.3 Å². The number of ether oxygens (including phenoxy) is 1. The first-order valence-corrected chi connectivity index (χ1v) is 6.30. The van der Waals surface area contributed by atoms with Crippen molar-refractivity contribution in [3.05, 3.63) is 35.9 Å². The fraction of sp³-hybridized carbons (Fsp3) is 0.400. The molecular formula is C15H19NO4. The molecule has 0 saturated heterocycles. The lowest BCUT2D eigenvalue weighted by Gasteiger charge is -2.34. The average molecular weight is 277 g/mol. The Labute approximate surface area is 118 Å². The molecule has 0 aliphatic heterocycles. The number of benzene rings is 1. The number of carbonyl (C=O) groups excluding carboxylic acids is 3. The van der Waals surface area contributed by atoms with Gasteiger partial charge in [0.25, 0.3) is 0 Å².